The summed E-state index contributed by atoms with van der Waals surface area (Å²) in [6.07, 6.45) is 1.03. The van der Waals surface area contributed by atoms with Crippen LogP contribution in [0.5, 0.6) is 0 Å². The predicted octanol–water partition coefficient (Wildman–Crippen LogP) is 4.19. The number of sulfone groups is 1. The molecule has 1 saturated carbocycles. The predicted molar refractivity (Wildman–Crippen MR) is 93.1 cm³/mol. The van der Waals surface area contributed by atoms with Crippen molar-refractivity contribution in [2.75, 3.05) is 0 Å². The van der Waals surface area contributed by atoms with Gasteiger partial charge in [-0.15, -0.1) is 0 Å². The zero-order valence-electron chi connectivity index (χ0n) is 13.4. The van der Waals surface area contributed by atoms with Gasteiger partial charge in [-0.3, -0.25) is 0 Å². The molecule has 0 amide bonds. The molecule has 25 heavy (non-hydrogen) atoms. The third kappa shape index (κ3) is 3.07. The molecule has 1 fully saturated rings. The van der Waals surface area contributed by atoms with E-state index in [-0.39, 0.29) is 34.4 Å². The van der Waals surface area contributed by atoms with Gasteiger partial charge in [0.1, 0.15) is 16.4 Å². The SMILES string of the molecule is NC1CCC(c2cc(F)ccc2F)(S(=O)(=O)c2ccccc2Cl)CC1. The maximum absolute atomic E-state index is 14.5. The van der Waals surface area contributed by atoms with Crippen LogP contribution in [0.25, 0.3) is 0 Å². The average Bonchev–Trinajstić information content (AvgIpc) is 2.58. The van der Waals surface area contributed by atoms with E-state index in [1.54, 1.807) is 12.1 Å². The molecule has 2 N–H and O–H groups in total. The summed E-state index contributed by atoms with van der Waals surface area (Å²) >= 11 is 6.11. The third-order valence-corrected chi connectivity index (χ3v) is 7.93. The molecule has 134 valence electrons. The first kappa shape index (κ1) is 18.3. The van der Waals surface area contributed by atoms with Crippen molar-refractivity contribution in [3.63, 3.8) is 0 Å². The highest BCUT2D eigenvalue weighted by atomic mass is 35.5. The van der Waals surface area contributed by atoms with Gasteiger partial charge in [0, 0.05) is 11.6 Å². The van der Waals surface area contributed by atoms with Crippen LogP contribution in [0.3, 0.4) is 0 Å². The van der Waals surface area contributed by atoms with Gasteiger partial charge in [-0.2, -0.15) is 0 Å². The average molecular weight is 386 g/mol. The Kier molecular flexibility index (Phi) is 4.88. The van der Waals surface area contributed by atoms with Crippen molar-refractivity contribution < 1.29 is 17.2 Å². The third-order valence-electron chi connectivity index (χ3n) is 4.90. The van der Waals surface area contributed by atoms with Crippen molar-refractivity contribution in [1.29, 1.82) is 0 Å². The zero-order chi connectivity index (χ0) is 18.2. The lowest BCUT2D eigenvalue weighted by atomic mass is 9.81. The molecule has 0 aliphatic heterocycles. The molecule has 0 radical (unpaired) electrons. The Bertz CT molecular complexity index is 894. The monoisotopic (exact) mass is 385 g/mol. The maximum Gasteiger partial charge on any atom is 0.189 e. The van der Waals surface area contributed by atoms with E-state index < -0.39 is 26.2 Å². The molecule has 3 rings (SSSR count). The van der Waals surface area contributed by atoms with E-state index in [4.69, 9.17) is 17.3 Å². The Labute approximate surface area is 150 Å². The maximum atomic E-state index is 14.5. The molecule has 0 unspecified atom stereocenters. The molecule has 3 nitrogen and oxygen atoms in total. The normalized spacial score (nSPS) is 24.2. The first-order chi connectivity index (χ1) is 11.8. The molecule has 1 aliphatic rings. The highest BCUT2D eigenvalue weighted by Gasteiger charge is 2.50. The number of nitrogens with two attached hydrogens (primary N) is 1. The lowest BCUT2D eigenvalue weighted by Crippen LogP contribution is -2.43. The summed E-state index contributed by atoms with van der Waals surface area (Å²) in [5, 5.41) is 0.0635. The molecule has 0 aromatic heterocycles. The van der Waals surface area contributed by atoms with Crippen LogP contribution in [-0.2, 0) is 14.6 Å². The van der Waals surface area contributed by atoms with Crippen LogP contribution in [0, 0.1) is 11.6 Å². The highest BCUT2D eigenvalue weighted by Crippen LogP contribution is 2.48. The Morgan fingerprint density at radius 2 is 1.72 bits per heavy atom. The van der Waals surface area contributed by atoms with Crippen LogP contribution in [0.15, 0.2) is 47.4 Å². The van der Waals surface area contributed by atoms with Gasteiger partial charge in [0.2, 0.25) is 0 Å². The fraction of sp³-hybridized carbons (Fsp3) is 0.333. The Hall–Kier alpha value is -1.50. The van der Waals surface area contributed by atoms with E-state index in [1.807, 2.05) is 0 Å². The second kappa shape index (κ2) is 6.67. The smallest absolute Gasteiger partial charge is 0.189 e. The van der Waals surface area contributed by atoms with Gasteiger partial charge < -0.3 is 5.73 Å². The van der Waals surface area contributed by atoms with E-state index in [0.29, 0.717) is 12.8 Å². The molecule has 0 saturated heterocycles. The van der Waals surface area contributed by atoms with Crippen LogP contribution in [0.4, 0.5) is 8.78 Å². The van der Waals surface area contributed by atoms with Gasteiger partial charge in [-0.25, -0.2) is 17.2 Å². The fourth-order valence-corrected chi connectivity index (χ4v) is 6.17. The summed E-state index contributed by atoms with van der Waals surface area (Å²) < 4.78 is 53.7. The molecule has 2 aromatic carbocycles. The van der Waals surface area contributed by atoms with Gasteiger partial charge in [-0.1, -0.05) is 23.7 Å². The number of halogens is 3. The summed E-state index contributed by atoms with van der Waals surface area (Å²) in [4.78, 5) is -0.0733. The van der Waals surface area contributed by atoms with E-state index in [9.17, 15) is 17.2 Å². The molecule has 1 aliphatic carbocycles. The lowest BCUT2D eigenvalue weighted by Gasteiger charge is -2.39. The minimum Gasteiger partial charge on any atom is -0.328 e. The van der Waals surface area contributed by atoms with Crippen molar-refractivity contribution in [1.82, 2.24) is 0 Å². The second-order valence-corrected chi connectivity index (χ2v) is 9.03. The van der Waals surface area contributed by atoms with Crippen molar-refractivity contribution in [3.05, 3.63) is 64.7 Å². The lowest BCUT2D eigenvalue weighted by molar-refractivity contribution is 0.337. The molecule has 0 atom stereocenters. The summed E-state index contributed by atoms with van der Waals surface area (Å²) in [5.74, 6) is -1.42. The van der Waals surface area contributed by atoms with Crippen LogP contribution >= 0.6 is 11.6 Å². The summed E-state index contributed by atoms with van der Waals surface area (Å²) in [6.45, 7) is 0. The standard InChI is InChI=1S/C18H18ClF2NO2S/c19-15-3-1-2-4-17(15)25(23,24)18(9-7-13(22)8-10-18)14-11-12(20)5-6-16(14)21/h1-6,11,13H,7-10,22H2. The largest absolute Gasteiger partial charge is 0.328 e. The summed E-state index contributed by atoms with van der Waals surface area (Å²) in [5.41, 5.74) is 5.77. The van der Waals surface area contributed by atoms with Gasteiger partial charge in [0.25, 0.3) is 0 Å². The van der Waals surface area contributed by atoms with Crippen LogP contribution in [-0.4, -0.2) is 14.5 Å². The summed E-state index contributed by atoms with van der Waals surface area (Å²) in [7, 11) is -4.06. The minimum atomic E-state index is -4.06. The molecule has 0 spiro atoms. The topological polar surface area (TPSA) is 60.2 Å². The Balaban J connectivity index is 2.26. The molecule has 2 aromatic rings. The van der Waals surface area contributed by atoms with Crippen molar-refractivity contribution >= 4 is 21.4 Å². The number of rotatable bonds is 3. The van der Waals surface area contributed by atoms with E-state index in [0.717, 1.165) is 18.2 Å². The zero-order valence-corrected chi connectivity index (χ0v) is 15.0. The van der Waals surface area contributed by atoms with Crippen molar-refractivity contribution in [2.24, 2.45) is 5.73 Å². The molecule has 0 bridgehead atoms. The highest BCUT2D eigenvalue weighted by molar-refractivity contribution is 7.92. The Morgan fingerprint density at radius 1 is 1.08 bits per heavy atom. The quantitative estimate of drug-likeness (QED) is 0.861. The minimum absolute atomic E-state index is 0.0635. The number of hydrogen-bond acceptors (Lipinski definition) is 3. The molecular weight excluding hydrogens is 368 g/mol. The van der Waals surface area contributed by atoms with Gasteiger partial charge >= 0.3 is 0 Å². The summed E-state index contributed by atoms with van der Waals surface area (Å²) in [6, 6.07) is 8.79. The molecule has 7 heteroatoms. The van der Waals surface area contributed by atoms with Crippen LogP contribution < -0.4 is 5.73 Å². The van der Waals surface area contributed by atoms with Gasteiger partial charge in [0.15, 0.2) is 9.84 Å². The molecule has 0 heterocycles. The first-order valence-electron chi connectivity index (χ1n) is 7.98. The first-order valence-corrected chi connectivity index (χ1v) is 9.84. The van der Waals surface area contributed by atoms with Crippen LogP contribution in [0.1, 0.15) is 31.2 Å². The van der Waals surface area contributed by atoms with Crippen molar-refractivity contribution in [3.8, 4) is 0 Å². The van der Waals surface area contributed by atoms with Gasteiger partial charge in [0.05, 0.1) is 9.92 Å². The van der Waals surface area contributed by atoms with E-state index in [1.165, 1.54) is 12.1 Å². The van der Waals surface area contributed by atoms with E-state index >= 15 is 0 Å². The van der Waals surface area contributed by atoms with Gasteiger partial charge in [-0.05, 0) is 56.0 Å². The second-order valence-electron chi connectivity index (χ2n) is 6.39. The van der Waals surface area contributed by atoms with Crippen LogP contribution in [0.2, 0.25) is 5.02 Å². The molecular formula is C18H18ClF2NO2S. The van der Waals surface area contributed by atoms with E-state index in [2.05, 4.69) is 0 Å². The number of benzene rings is 2. The fourth-order valence-electron chi connectivity index (χ4n) is 3.51. The number of hydrogen-bond donors (Lipinski definition) is 1. The Morgan fingerprint density at radius 3 is 2.36 bits per heavy atom. The van der Waals surface area contributed by atoms with Crippen molar-refractivity contribution in [2.45, 2.75) is 41.4 Å².